The number of aliphatic carboxylic acids is 1. The average molecular weight is 249 g/mol. The fraction of sp³-hybridized carbons (Fsp3) is 0.385. The number of amides is 1. The maximum absolute atomic E-state index is 11.8. The van der Waals surface area contributed by atoms with Crippen LogP contribution in [-0.2, 0) is 16.0 Å². The van der Waals surface area contributed by atoms with Crippen LogP contribution in [0.5, 0.6) is 5.75 Å². The van der Waals surface area contributed by atoms with Crippen LogP contribution in [0, 0.1) is 5.92 Å². The standard InChI is InChI=1S/C13H15NO4/c1-18-10-3-4-11-9(7-10)6-8(13(17)14-11)2-5-12(15)16/h3-4,7-8H,2,5-6H2,1H3,(H,14,17)(H,15,16). The van der Waals surface area contributed by atoms with E-state index in [-0.39, 0.29) is 18.2 Å². The van der Waals surface area contributed by atoms with E-state index in [2.05, 4.69) is 5.32 Å². The molecule has 2 rings (SSSR count). The monoisotopic (exact) mass is 249 g/mol. The van der Waals surface area contributed by atoms with Crippen molar-refractivity contribution in [3.8, 4) is 5.75 Å². The Kier molecular flexibility index (Phi) is 3.50. The molecule has 1 aliphatic rings. The summed E-state index contributed by atoms with van der Waals surface area (Å²) in [5.74, 6) is -0.518. The number of ether oxygens (including phenoxy) is 1. The third-order valence-corrected chi connectivity index (χ3v) is 3.11. The van der Waals surface area contributed by atoms with E-state index in [1.807, 2.05) is 6.07 Å². The first-order chi connectivity index (χ1) is 8.60. The van der Waals surface area contributed by atoms with Crippen LogP contribution in [0.4, 0.5) is 5.69 Å². The topological polar surface area (TPSA) is 75.6 Å². The molecular formula is C13H15NO4. The molecule has 1 aliphatic heterocycles. The lowest BCUT2D eigenvalue weighted by molar-refractivity contribution is -0.137. The van der Waals surface area contributed by atoms with Crippen LogP contribution in [0.3, 0.4) is 0 Å². The number of carbonyl (C=O) groups is 2. The molecule has 0 saturated heterocycles. The van der Waals surface area contributed by atoms with E-state index in [1.54, 1.807) is 19.2 Å². The number of anilines is 1. The molecule has 1 atom stereocenters. The Labute approximate surface area is 105 Å². The van der Waals surface area contributed by atoms with Gasteiger partial charge in [0.15, 0.2) is 0 Å². The Bertz CT molecular complexity index is 484. The number of fused-ring (bicyclic) bond motifs is 1. The minimum absolute atomic E-state index is 0.0113. The highest BCUT2D eigenvalue weighted by Gasteiger charge is 2.26. The highest BCUT2D eigenvalue weighted by atomic mass is 16.5. The summed E-state index contributed by atoms with van der Waals surface area (Å²) in [6.45, 7) is 0. The smallest absolute Gasteiger partial charge is 0.303 e. The SMILES string of the molecule is COc1ccc2c(c1)CC(CCC(=O)O)C(=O)N2. The molecule has 0 saturated carbocycles. The molecule has 0 aliphatic carbocycles. The zero-order valence-electron chi connectivity index (χ0n) is 10.1. The Morgan fingerprint density at radius 2 is 2.33 bits per heavy atom. The summed E-state index contributed by atoms with van der Waals surface area (Å²) in [5.41, 5.74) is 1.77. The number of carbonyl (C=O) groups excluding carboxylic acids is 1. The largest absolute Gasteiger partial charge is 0.497 e. The van der Waals surface area contributed by atoms with Crippen molar-refractivity contribution < 1.29 is 19.4 Å². The van der Waals surface area contributed by atoms with Crippen LogP contribution >= 0.6 is 0 Å². The Balaban J connectivity index is 2.14. The zero-order chi connectivity index (χ0) is 13.1. The van der Waals surface area contributed by atoms with E-state index >= 15 is 0 Å². The second-order valence-corrected chi connectivity index (χ2v) is 4.35. The summed E-state index contributed by atoms with van der Waals surface area (Å²) in [4.78, 5) is 22.3. The minimum atomic E-state index is -0.876. The van der Waals surface area contributed by atoms with Gasteiger partial charge in [-0.25, -0.2) is 0 Å². The van der Waals surface area contributed by atoms with Crippen molar-refractivity contribution >= 4 is 17.6 Å². The van der Waals surface area contributed by atoms with Crippen LogP contribution in [0.15, 0.2) is 18.2 Å². The summed E-state index contributed by atoms with van der Waals surface area (Å²) in [7, 11) is 1.59. The van der Waals surface area contributed by atoms with Crippen molar-refractivity contribution in [3.63, 3.8) is 0 Å². The normalized spacial score (nSPS) is 17.8. The lowest BCUT2D eigenvalue weighted by Gasteiger charge is -2.24. The molecule has 1 unspecified atom stereocenters. The predicted molar refractivity (Wildman–Crippen MR) is 65.7 cm³/mol. The first-order valence-electron chi connectivity index (χ1n) is 5.79. The second-order valence-electron chi connectivity index (χ2n) is 4.35. The number of methoxy groups -OCH3 is 1. The van der Waals surface area contributed by atoms with Crippen molar-refractivity contribution in [2.75, 3.05) is 12.4 Å². The summed E-state index contributed by atoms with van der Waals surface area (Å²) in [6.07, 6.45) is 0.931. The van der Waals surface area contributed by atoms with Gasteiger partial charge >= 0.3 is 5.97 Å². The molecule has 5 heteroatoms. The summed E-state index contributed by atoms with van der Waals surface area (Å²) >= 11 is 0. The third-order valence-electron chi connectivity index (χ3n) is 3.11. The van der Waals surface area contributed by atoms with Crippen molar-refractivity contribution in [1.82, 2.24) is 0 Å². The van der Waals surface area contributed by atoms with Crippen LogP contribution in [0.25, 0.3) is 0 Å². The molecule has 5 nitrogen and oxygen atoms in total. The first-order valence-corrected chi connectivity index (χ1v) is 5.79. The van der Waals surface area contributed by atoms with E-state index in [9.17, 15) is 9.59 Å². The van der Waals surface area contributed by atoms with Gasteiger partial charge in [0, 0.05) is 18.0 Å². The Morgan fingerprint density at radius 1 is 1.56 bits per heavy atom. The summed E-state index contributed by atoms with van der Waals surface area (Å²) in [6, 6.07) is 5.47. The van der Waals surface area contributed by atoms with Gasteiger partial charge in [0.25, 0.3) is 0 Å². The Hall–Kier alpha value is -2.04. The number of hydrogen-bond acceptors (Lipinski definition) is 3. The molecule has 2 N–H and O–H groups in total. The zero-order valence-corrected chi connectivity index (χ0v) is 10.1. The number of hydrogen-bond donors (Lipinski definition) is 2. The van der Waals surface area contributed by atoms with Gasteiger partial charge in [0.1, 0.15) is 5.75 Å². The van der Waals surface area contributed by atoms with Crippen molar-refractivity contribution in [3.05, 3.63) is 23.8 Å². The van der Waals surface area contributed by atoms with Crippen LogP contribution in [0.1, 0.15) is 18.4 Å². The molecular weight excluding hydrogens is 234 g/mol. The van der Waals surface area contributed by atoms with Gasteiger partial charge in [-0.15, -0.1) is 0 Å². The minimum Gasteiger partial charge on any atom is -0.497 e. The molecule has 0 aromatic heterocycles. The molecule has 96 valence electrons. The second kappa shape index (κ2) is 5.08. The molecule has 1 aromatic rings. The summed E-state index contributed by atoms with van der Waals surface area (Å²) in [5, 5.41) is 11.5. The van der Waals surface area contributed by atoms with Crippen LogP contribution < -0.4 is 10.1 Å². The molecule has 0 fully saturated rings. The molecule has 0 bridgehead atoms. The lowest BCUT2D eigenvalue weighted by Crippen LogP contribution is -2.30. The maximum Gasteiger partial charge on any atom is 0.303 e. The first kappa shape index (κ1) is 12.4. The van der Waals surface area contributed by atoms with Gasteiger partial charge in [0.2, 0.25) is 5.91 Å². The molecule has 1 amide bonds. The highest BCUT2D eigenvalue weighted by molar-refractivity contribution is 5.96. The van der Waals surface area contributed by atoms with Gasteiger partial charge in [-0.05, 0) is 36.6 Å². The molecule has 1 heterocycles. The quantitative estimate of drug-likeness (QED) is 0.851. The molecule has 1 aromatic carbocycles. The van der Waals surface area contributed by atoms with E-state index < -0.39 is 5.97 Å². The van der Waals surface area contributed by atoms with E-state index in [4.69, 9.17) is 9.84 Å². The fourth-order valence-corrected chi connectivity index (χ4v) is 2.11. The van der Waals surface area contributed by atoms with Crippen LogP contribution in [-0.4, -0.2) is 24.1 Å². The van der Waals surface area contributed by atoms with E-state index in [0.717, 1.165) is 17.0 Å². The Morgan fingerprint density at radius 3 is 3.00 bits per heavy atom. The van der Waals surface area contributed by atoms with Gasteiger partial charge in [-0.1, -0.05) is 0 Å². The van der Waals surface area contributed by atoms with Crippen molar-refractivity contribution in [2.24, 2.45) is 5.92 Å². The predicted octanol–water partition coefficient (Wildman–Crippen LogP) is 1.67. The number of nitrogens with one attached hydrogen (secondary N) is 1. The number of benzene rings is 1. The van der Waals surface area contributed by atoms with Gasteiger partial charge in [0.05, 0.1) is 7.11 Å². The molecule has 18 heavy (non-hydrogen) atoms. The molecule has 0 spiro atoms. The van der Waals surface area contributed by atoms with Crippen LogP contribution in [0.2, 0.25) is 0 Å². The average Bonchev–Trinajstić information content (AvgIpc) is 2.35. The number of carboxylic acid groups (broad SMARTS) is 1. The number of rotatable bonds is 4. The third kappa shape index (κ3) is 2.61. The van der Waals surface area contributed by atoms with E-state index in [0.29, 0.717) is 12.8 Å². The van der Waals surface area contributed by atoms with Gasteiger partial charge < -0.3 is 15.2 Å². The van der Waals surface area contributed by atoms with Gasteiger partial charge in [-0.2, -0.15) is 0 Å². The van der Waals surface area contributed by atoms with Gasteiger partial charge in [-0.3, -0.25) is 9.59 Å². The maximum atomic E-state index is 11.8. The highest BCUT2D eigenvalue weighted by Crippen LogP contribution is 2.30. The van der Waals surface area contributed by atoms with E-state index in [1.165, 1.54) is 0 Å². The molecule has 0 radical (unpaired) electrons. The van der Waals surface area contributed by atoms with Crippen molar-refractivity contribution in [1.29, 1.82) is 0 Å². The summed E-state index contributed by atoms with van der Waals surface area (Å²) < 4.78 is 5.13. The fourth-order valence-electron chi connectivity index (χ4n) is 2.11. The number of carboxylic acids is 1. The lowest BCUT2D eigenvalue weighted by atomic mass is 9.89. The van der Waals surface area contributed by atoms with Crippen molar-refractivity contribution in [2.45, 2.75) is 19.3 Å².